The van der Waals surface area contributed by atoms with E-state index in [9.17, 15) is 26.7 Å². The average molecular weight is 560 g/mol. The van der Waals surface area contributed by atoms with Crippen LogP contribution >= 0.6 is 12.6 Å². The van der Waals surface area contributed by atoms with E-state index in [1.54, 1.807) is 30.3 Å². The molecule has 1 N–H and O–H groups in total. The molecule has 2 aromatic rings. The standard InChI is InChI=1S/C25H32F3N3O4S2/c1-18-15-29(13-14-35-18)16-21-17-30(37(33,34)23-6-4-3-5-22(23)36)11-12-31(21)20-9-7-19(8-10-20)24(2,32)25(26,27)28/h3-10,18,21,32,36H,11-17H2,1-2H3/t18-,21-,24-/m0/s1. The zero-order chi connectivity index (χ0) is 27.0. The van der Waals surface area contributed by atoms with Crippen molar-refractivity contribution < 1.29 is 31.4 Å². The quantitative estimate of drug-likeness (QED) is 0.529. The zero-order valence-electron chi connectivity index (χ0n) is 20.7. The monoisotopic (exact) mass is 559 g/mol. The van der Waals surface area contributed by atoms with E-state index in [4.69, 9.17) is 4.74 Å². The van der Waals surface area contributed by atoms with Gasteiger partial charge in [-0.05, 0) is 43.7 Å². The highest BCUT2D eigenvalue weighted by Crippen LogP contribution is 2.39. The van der Waals surface area contributed by atoms with Gasteiger partial charge < -0.3 is 14.7 Å². The molecule has 2 fully saturated rings. The van der Waals surface area contributed by atoms with Gasteiger partial charge in [-0.1, -0.05) is 24.3 Å². The van der Waals surface area contributed by atoms with Crippen LogP contribution in [0.1, 0.15) is 19.4 Å². The van der Waals surface area contributed by atoms with Gasteiger partial charge in [-0.15, -0.1) is 12.6 Å². The Hall–Kier alpha value is -1.83. The molecule has 0 amide bonds. The maximum atomic E-state index is 13.5. The minimum atomic E-state index is -4.81. The van der Waals surface area contributed by atoms with Gasteiger partial charge in [0.15, 0.2) is 5.60 Å². The van der Waals surface area contributed by atoms with E-state index in [2.05, 4.69) is 17.5 Å². The fraction of sp³-hybridized carbons (Fsp3) is 0.520. The van der Waals surface area contributed by atoms with Crippen LogP contribution in [0.3, 0.4) is 0 Å². The number of nitrogens with zero attached hydrogens (tertiary/aromatic N) is 3. The fourth-order valence-electron chi connectivity index (χ4n) is 4.85. The highest BCUT2D eigenvalue weighted by molar-refractivity contribution is 7.90. The molecule has 3 atom stereocenters. The Morgan fingerprint density at radius 1 is 1.05 bits per heavy atom. The first-order chi connectivity index (χ1) is 17.3. The summed E-state index contributed by atoms with van der Waals surface area (Å²) in [5.41, 5.74) is -2.56. The lowest BCUT2D eigenvalue weighted by atomic mass is 9.95. The van der Waals surface area contributed by atoms with E-state index in [-0.39, 0.29) is 35.7 Å². The molecule has 2 heterocycles. The summed E-state index contributed by atoms with van der Waals surface area (Å²) in [5, 5.41) is 10.0. The van der Waals surface area contributed by atoms with Gasteiger partial charge in [0.1, 0.15) is 0 Å². The Morgan fingerprint density at radius 3 is 2.35 bits per heavy atom. The molecule has 2 saturated heterocycles. The normalized spacial score (nSPS) is 24.1. The molecule has 2 aliphatic heterocycles. The van der Waals surface area contributed by atoms with E-state index in [1.165, 1.54) is 22.5 Å². The molecule has 7 nitrogen and oxygen atoms in total. The number of morpholine rings is 1. The van der Waals surface area contributed by atoms with Crippen LogP contribution in [0.25, 0.3) is 0 Å². The maximum Gasteiger partial charge on any atom is 0.421 e. The van der Waals surface area contributed by atoms with Crippen molar-refractivity contribution in [3.8, 4) is 0 Å². The van der Waals surface area contributed by atoms with Gasteiger partial charge in [0, 0.05) is 49.9 Å². The number of sulfonamides is 1. The Kier molecular flexibility index (Phi) is 8.18. The summed E-state index contributed by atoms with van der Waals surface area (Å²) in [7, 11) is -3.80. The number of alkyl halides is 3. The molecule has 0 aliphatic carbocycles. The second-order valence-electron chi connectivity index (χ2n) is 9.74. The lowest BCUT2D eigenvalue weighted by Crippen LogP contribution is -2.59. The summed E-state index contributed by atoms with van der Waals surface area (Å²) in [6, 6.07) is 12.0. The number of anilines is 1. The number of thiol groups is 1. The van der Waals surface area contributed by atoms with Crippen molar-refractivity contribution in [2.24, 2.45) is 0 Å². The maximum absolute atomic E-state index is 13.5. The van der Waals surface area contributed by atoms with Crippen LogP contribution in [0.15, 0.2) is 58.3 Å². The lowest BCUT2D eigenvalue weighted by Gasteiger charge is -2.45. The van der Waals surface area contributed by atoms with Crippen LogP contribution in [0.2, 0.25) is 0 Å². The molecule has 0 spiro atoms. The first kappa shape index (κ1) is 28.2. The van der Waals surface area contributed by atoms with Gasteiger partial charge in [0.2, 0.25) is 10.0 Å². The minimum absolute atomic E-state index is 0.0468. The summed E-state index contributed by atoms with van der Waals surface area (Å²) >= 11 is 4.34. The number of hydrogen-bond acceptors (Lipinski definition) is 7. The van der Waals surface area contributed by atoms with Gasteiger partial charge in [-0.3, -0.25) is 4.90 Å². The van der Waals surface area contributed by atoms with Crippen molar-refractivity contribution in [3.05, 3.63) is 54.1 Å². The number of ether oxygens (including phenoxy) is 1. The summed E-state index contributed by atoms with van der Waals surface area (Å²) in [5.74, 6) is 0. The van der Waals surface area contributed by atoms with Crippen LogP contribution in [0, 0.1) is 0 Å². The van der Waals surface area contributed by atoms with Crippen LogP contribution < -0.4 is 4.90 Å². The number of benzene rings is 2. The van der Waals surface area contributed by atoms with Gasteiger partial charge in [-0.2, -0.15) is 17.5 Å². The highest BCUT2D eigenvalue weighted by atomic mass is 32.2. The Morgan fingerprint density at radius 2 is 1.73 bits per heavy atom. The third kappa shape index (κ3) is 5.94. The van der Waals surface area contributed by atoms with Crippen molar-refractivity contribution >= 4 is 28.3 Å². The molecule has 2 aromatic carbocycles. The number of hydrogen-bond donors (Lipinski definition) is 2. The molecule has 204 valence electrons. The molecule has 12 heteroatoms. The predicted molar refractivity (Wildman–Crippen MR) is 138 cm³/mol. The Bertz CT molecular complexity index is 1190. The van der Waals surface area contributed by atoms with Crippen molar-refractivity contribution in [1.29, 1.82) is 0 Å². The average Bonchev–Trinajstić information content (AvgIpc) is 2.83. The van der Waals surface area contributed by atoms with Crippen molar-refractivity contribution in [1.82, 2.24) is 9.21 Å². The SMILES string of the molecule is C[C@H]1CN(C[C@H]2CN(S(=O)(=O)c3ccccc3S)CCN2c2ccc([C@](C)(O)C(F)(F)F)cc2)CCO1. The third-order valence-corrected chi connectivity index (χ3v) is 9.50. The van der Waals surface area contributed by atoms with Crippen LogP contribution in [0.4, 0.5) is 18.9 Å². The Balaban J connectivity index is 1.61. The molecule has 37 heavy (non-hydrogen) atoms. The van der Waals surface area contributed by atoms with E-state index in [0.29, 0.717) is 43.4 Å². The summed E-state index contributed by atoms with van der Waals surface area (Å²) in [4.78, 5) is 4.77. The third-order valence-electron chi connectivity index (χ3n) is 7.04. The number of piperazine rings is 1. The molecular weight excluding hydrogens is 527 g/mol. The minimum Gasteiger partial charge on any atom is -0.376 e. The first-order valence-electron chi connectivity index (χ1n) is 12.1. The van der Waals surface area contributed by atoms with E-state index >= 15 is 0 Å². The highest BCUT2D eigenvalue weighted by Gasteiger charge is 2.51. The van der Waals surface area contributed by atoms with E-state index in [0.717, 1.165) is 6.92 Å². The van der Waals surface area contributed by atoms with Crippen LogP contribution in [-0.4, -0.2) is 86.9 Å². The van der Waals surface area contributed by atoms with Gasteiger partial charge in [-0.25, -0.2) is 8.42 Å². The molecule has 4 rings (SSSR count). The molecule has 0 aromatic heterocycles. The van der Waals surface area contributed by atoms with Gasteiger partial charge in [0.05, 0.1) is 23.6 Å². The first-order valence-corrected chi connectivity index (χ1v) is 14.0. The zero-order valence-corrected chi connectivity index (χ0v) is 22.4. The smallest absolute Gasteiger partial charge is 0.376 e. The van der Waals surface area contributed by atoms with Crippen molar-refractivity contribution in [3.63, 3.8) is 0 Å². The summed E-state index contributed by atoms with van der Waals surface area (Å²) in [6.45, 7) is 6.02. The summed E-state index contributed by atoms with van der Waals surface area (Å²) in [6.07, 6.45) is -4.77. The second kappa shape index (κ2) is 10.7. The molecule has 0 radical (unpaired) electrons. The van der Waals surface area contributed by atoms with Gasteiger partial charge >= 0.3 is 6.18 Å². The molecule has 2 aliphatic rings. The predicted octanol–water partition coefficient (Wildman–Crippen LogP) is 3.35. The second-order valence-corrected chi connectivity index (χ2v) is 12.1. The lowest BCUT2D eigenvalue weighted by molar-refractivity contribution is -0.258. The largest absolute Gasteiger partial charge is 0.421 e. The molecule has 0 saturated carbocycles. The van der Waals surface area contributed by atoms with Crippen LogP contribution in [0.5, 0.6) is 0 Å². The number of aliphatic hydroxyl groups is 1. The van der Waals surface area contributed by atoms with Crippen molar-refractivity contribution in [2.75, 3.05) is 50.8 Å². The molecule has 0 unspecified atom stereocenters. The fourth-order valence-corrected chi connectivity index (χ4v) is 6.91. The topological polar surface area (TPSA) is 73.3 Å². The van der Waals surface area contributed by atoms with E-state index < -0.39 is 21.8 Å². The Labute approximate surface area is 221 Å². The van der Waals surface area contributed by atoms with Crippen LogP contribution in [-0.2, 0) is 20.4 Å². The summed E-state index contributed by atoms with van der Waals surface area (Å²) < 4.78 is 74.0. The van der Waals surface area contributed by atoms with Crippen molar-refractivity contribution in [2.45, 2.75) is 47.6 Å². The molecular formula is C25H32F3N3O4S2. The number of halogens is 3. The van der Waals surface area contributed by atoms with Gasteiger partial charge in [0.25, 0.3) is 0 Å². The number of rotatable bonds is 6. The molecule has 0 bridgehead atoms. The van der Waals surface area contributed by atoms with E-state index in [1.807, 2.05) is 11.8 Å².